The van der Waals surface area contributed by atoms with E-state index in [0.717, 1.165) is 49.0 Å². The van der Waals surface area contributed by atoms with Crippen molar-refractivity contribution in [2.45, 2.75) is 32.2 Å². The van der Waals surface area contributed by atoms with Crippen molar-refractivity contribution in [2.75, 3.05) is 18.0 Å². The molecular weight excluding hydrogens is 340 g/mol. The van der Waals surface area contributed by atoms with E-state index in [0.29, 0.717) is 5.92 Å². The number of piperidine rings is 1. The van der Waals surface area contributed by atoms with Gasteiger partial charge in [0.1, 0.15) is 0 Å². The number of anilines is 1. The van der Waals surface area contributed by atoms with Crippen LogP contribution in [0.1, 0.15) is 46.9 Å². The van der Waals surface area contributed by atoms with Gasteiger partial charge in [-0.3, -0.25) is 14.5 Å². The molecule has 3 rings (SSSR count). The quantitative estimate of drug-likeness (QED) is 0.781. The highest BCUT2D eigenvalue weighted by molar-refractivity contribution is 6.22. The van der Waals surface area contributed by atoms with Crippen LogP contribution in [0.4, 0.5) is 5.69 Å². The van der Waals surface area contributed by atoms with Crippen LogP contribution in [0.25, 0.3) is 0 Å². The molecule has 1 unspecified atom stereocenters. The number of nitrogens with zero attached hydrogens (tertiary/aromatic N) is 2. The minimum atomic E-state index is -1.32. The molecule has 0 bridgehead atoms. The third-order valence-corrected chi connectivity index (χ3v) is 5.05. The normalized spacial score (nSPS) is 22.0. The average Bonchev–Trinajstić information content (AvgIpc) is 2.89. The summed E-state index contributed by atoms with van der Waals surface area (Å²) in [7, 11) is 0. The molecule has 0 aliphatic carbocycles. The zero-order valence-electron chi connectivity index (χ0n) is 14.3. The topological polar surface area (TPSA) is 115 Å². The van der Waals surface area contributed by atoms with Gasteiger partial charge in [0.05, 0.1) is 29.3 Å². The first-order chi connectivity index (χ1) is 12.3. The molecular formula is C18H20N2O6. The first kappa shape index (κ1) is 18.1. The molecule has 8 heteroatoms. The van der Waals surface area contributed by atoms with Gasteiger partial charge in [0.25, 0.3) is 5.91 Å². The number of carbonyl (C=O) groups is 4. The maximum absolute atomic E-state index is 12.8. The molecule has 2 amide bonds. The number of carbonyl (C=O) groups excluding carboxylic acids is 2. The van der Waals surface area contributed by atoms with Gasteiger partial charge in [0.2, 0.25) is 5.91 Å². The highest BCUT2D eigenvalue weighted by atomic mass is 16.4. The molecule has 2 heterocycles. The molecule has 2 aliphatic heterocycles. The van der Waals surface area contributed by atoms with Crippen molar-refractivity contribution in [2.24, 2.45) is 5.92 Å². The Bertz CT molecular complexity index is 750. The summed E-state index contributed by atoms with van der Waals surface area (Å²) in [4.78, 5) is 50.7. The minimum absolute atomic E-state index is 0.00909. The van der Waals surface area contributed by atoms with Crippen molar-refractivity contribution in [1.29, 1.82) is 0 Å². The molecule has 0 saturated carbocycles. The van der Waals surface area contributed by atoms with E-state index < -0.39 is 29.8 Å². The van der Waals surface area contributed by atoms with Gasteiger partial charge in [-0.1, -0.05) is 6.92 Å². The summed E-state index contributed by atoms with van der Waals surface area (Å²) in [5.41, 5.74) is -0.573. The standard InChI is InChI=1S/C18H20N2O6/c1-10-2-4-19(5-3-10)14-9-15(21)20(16(14)22)13-7-11(17(23)24)6-12(8-13)18(25)26/h6-8,10,14H,2-5,9H2,1H3,(H,23,24)(H,25,26). The number of carboxylic acids is 2. The van der Waals surface area contributed by atoms with Crippen molar-refractivity contribution in [1.82, 2.24) is 4.90 Å². The van der Waals surface area contributed by atoms with Gasteiger partial charge in [-0.15, -0.1) is 0 Å². The first-order valence-electron chi connectivity index (χ1n) is 8.50. The van der Waals surface area contributed by atoms with Gasteiger partial charge in [-0.05, 0) is 50.0 Å². The number of benzene rings is 1. The van der Waals surface area contributed by atoms with Crippen LogP contribution in [0.3, 0.4) is 0 Å². The van der Waals surface area contributed by atoms with E-state index in [2.05, 4.69) is 6.92 Å². The first-order valence-corrected chi connectivity index (χ1v) is 8.50. The smallest absolute Gasteiger partial charge is 0.335 e. The number of hydrogen-bond acceptors (Lipinski definition) is 5. The van der Waals surface area contributed by atoms with Crippen molar-refractivity contribution in [3.8, 4) is 0 Å². The molecule has 1 aromatic rings. The Morgan fingerprint density at radius 2 is 1.54 bits per heavy atom. The van der Waals surface area contributed by atoms with Crippen LogP contribution in [0, 0.1) is 5.92 Å². The van der Waals surface area contributed by atoms with Crippen LogP contribution >= 0.6 is 0 Å². The molecule has 0 radical (unpaired) electrons. The van der Waals surface area contributed by atoms with Gasteiger partial charge in [-0.2, -0.15) is 0 Å². The SMILES string of the molecule is CC1CCN(C2CC(=O)N(c3cc(C(=O)O)cc(C(=O)O)c3)C2=O)CC1. The van der Waals surface area contributed by atoms with Crippen molar-refractivity contribution in [3.63, 3.8) is 0 Å². The molecule has 2 aliphatic rings. The second-order valence-electron chi connectivity index (χ2n) is 6.88. The Balaban J connectivity index is 1.91. The van der Waals surface area contributed by atoms with E-state index in [1.165, 1.54) is 0 Å². The molecule has 8 nitrogen and oxygen atoms in total. The summed E-state index contributed by atoms with van der Waals surface area (Å²) in [6.07, 6.45) is 1.93. The average molecular weight is 360 g/mol. The molecule has 138 valence electrons. The van der Waals surface area contributed by atoms with Crippen molar-refractivity contribution >= 4 is 29.4 Å². The van der Waals surface area contributed by atoms with E-state index in [9.17, 15) is 29.4 Å². The Morgan fingerprint density at radius 3 is 2.04 bits per heavy atom. The number of rotatable bonds is 4. The van der Waals surface area contributed by atoms with Gasteiger partial charge in [0, 0.05) is 0 Å². The lowest BCUT2D eigenvalue weighted by molar-refractivity contribution is -0.123. The van der Waals surface area contributed by atoms with Crippen LogP contribution in [0.2, 0.25) is 0 Å². The summed E-state index contributed by atoms with van der Waals surface area (Å²) >= 11 is 0. The van der Waals surface area contributed by atoms with E-state index in [4.69, 9.17) is 0 Å². The molecule has 2 saturated heterocycles. The fraction of sp³-hybridized carbons (Fsp3) is 0.444. The fourth-order valence-corrected chi connectivity index (χ4v) is 3.50. The van der Waals surface area contributed by atoms with Crippen molar-refractivity contribution in [3.05, 3.63) is 29.3 Å². The largest absolute Gasteiger partial charge is 0.478 e. The summed E-state index contributed by atoms with van der Waals surface area (Å²) in [6, 6.07) is 2.75. The summed E-state index contributed by atoms with van der Waals surface area (Å²) in [5, 5.41) is 18.4. The van der Waals surface area contributed by atoms with E-state index in [1.54, 1.807) is 0 Å². The third kappa shape index (κ3) is 3.32. The lowest BCUT2D eigenvalue weighted by Crippen LogP contribution is -2.45. The van der Waals surface area contributed by atoms with Crippen LogP contribution in [0.15, 0.2) is 18.2 Å². The Kier molecular flexibility index (Phi) is 4.78. The Hall–Kier alpha value is -2.74. The number of likely N-dealkylation sites (tertiary alicyclic amines) is 1. The molecule has 0 aromatic heterocycles. The predicted molar refractivity (Wildman–Crippen MR) is 91.2 cm³/mol. The molecule has 0 spiro atoms. The van der Waals surface area contributed by atoms with Gasteiger partial charge in [-0.25, -0.2) is 14.5 Å². The summed E-state index contributed by atoms with van der Waals surface area (Å²) < 4.78 is 0. The zero-order chi connectivity index (χ0) is 19.0. The van der Waals surface area contributed by atoms with Gasteiger partial charge >= 0.3 is 11.9 Å². The second-order valence-corrected chi connectivity index (χ2v) is 6.88. The van der Waals surface area contributed by atoms with Crippen LogP contribution in [0.5, 0.6) is 0 Å². The van der Waals surface area contributed by atoms with Gasteiger partial charge < -0.3 is 10.2 Å². The third-order valence-electron chi connectivity index (χ3n) is 5.05. The summed E-state index contributed by atoms with van der Waals surface area (Å²) in [5.74, 6) is -2.94. The highest BCUT2D eigenvalue weighted by Gasteiger charge is 2.43. The Morgan fingerprint density at radius 1 is 1.00 bits per heavy atom. The maximum atomic E-state index is 12.8. The minimum Gasteiger partial charge on any atom is -0.478 e. The number of carboxylic acid groups (broad SMARTS) is 2. The molecule has 1 aromatic carbocycles. The maximum Gasteiger partial charge on any atom is 0.335 e. The molecule has 2 fully saturated rings. The fourth-order valence-electron chi connectivity index (χ4n) is 3.50. The van der Waals surface area contributed by atoms with E-state index in [1.807, 2.05) is 4.90 Å². The second kappa shape index (κ2) is 6.87. The molecule has 1 atom stereocenters. The van der Waals surface area contributed by atoms with Crippen LogP contribution in [-0.2, 0) is 9.59 Å². The van der Waals surface area contributed by atoms with E-state index in [-0.39, 0.29) is 23.2 Å². The lowest BCUT2D eigenvalue weighted by atomic mass is 9.97. The van der Waals surface area contributed by atoms with Crippen LogP contribution < -0.4 is 4.90 Å². The Labute approximate surface area is 150 Å². The van der Waals surface area contributed by atoms with Crippen LogP contribution in [-0.4, -0.2) is 58.0 Å². The zero-order valence-corrected chi connectivity index (χ0v) is 14.3. The molecule has 26 heavy (non-hydrogen) atoms. The predicted octanol–water partition coefficient (Wildman–Crippen LogP) is 1.45. The monoisotopic (exact) mass is 360 g/mol. The number of aromatic carboxylic acids is 2. The number of amides is 2. The van der Waals surface area contributed by atoms with Gasteiger partial charge in [0.15, 0.2) is 0 Å². The molecule has 2 N–H and O–H groups in total. The number of imide groups is 1. The highest BCUT2D eigenvalue weighted by Crippen LogP contribution is 2.30. The lowest BCUT2D eigenvalue weighted by Gasteiger charge is -2.33. The number of hydrogen-bond donors (Lipinski definition) is 2. The van der Waals surface area contributed by atoms with Crippen molar-refractivity contribution < 1.29 is 29.4 Å². The van der Waals surface area contributed by atoms with E-state index >= 15 is 0 Å². The summed E-state index contributed by atoms with van der Waals surface area (Å²) in [6.45, 7) is 3.61.